The molecule has 4 heteroatoms. The maximum Gasteiger partial charge on any atom is 0.0372 e. The first-order valence-electron chi connectivity index (χ1n) is 8.33. The van der Waals surface area contributed by atoms with Crippen molar-refractivity contribution in [2.24, 2.45) is 0 Å². The molecule has 1 N–H and O–H groups in total. The van der Waals surface area contributed by atoms with E-state index in [-0.39, 0.29) is 0 Å². The monoisotopic (exact) mass is 288 g/mol. The van der Waals surface area contributed by atoms with E-state index in [4.69, 9.17) is 0 Å². The number of piperazine rings is 1. The summed E-state index contributed by atoms with van der Waals surface area (Å²) in [5, 5.41) is 3.47. The summed E-state index contributed by atoms with van der Waals surface area (Å²) >= 11 is 0. The zero-order valence-electron chi connectivity index (χ0n) is 13.4. The van der Waals surface area contributed by atoms with Gasteiger partial charge in [0.2, 0.25) is 0 Å². The molecule has 0 unspecified atom stereocenters. The van der Waals surface area contributed by atoms with Crippen LogP contribution in [0.2, 0.25) is 0 Å². The topological polar surface area (TPSA) is 31.4 Å². The predicted octanol–water partition coefficient (Wildman–Crippen LogP) is 1.65. The molecule has 1 aromatic rings. The van der Waals surface area contributed by atoms with Crippen molar-refractivity contribution in [3.8, 4) is 0 Å². The van der Waals surface area contributed by atoms with Crippen molar-refractivity contribution < 1.29 is 0 Å². The van der Waals surface area contributed by atoms with Gasteiger partial charge >= 0.3 is 0 Å². The van der Waals surface area contributed by atoms with Gasteiger partial charge in [-0.15, -0.1) is 0 Å². The molecule has 4 nitrogen and oxygen atoms in total. The van der Waals surface area contributed by atoms with Gasteiger partial charge in [-0.1, -0.05) is 6.07 Å². The number of hydrogen-bond acceptors (Lipinski definition) is 4. The van der Waals surface area contributed by atoms with Crippen molar-refractivity contribution in [1.29, 1.82) is 0 Å². The SMILES string of the molecule is Cc1ccc(CN2CCN(C3CCNCC3)C[C@H]2C)cn1. The zero-order chi connectivity index (χ0) is 14.7. The maximum absolute atomic E-state index is 4.41. The lowest BCUT2D eigenvalue weighted by Gasteiger charge is -2.44. The lowest BCUT2D eigenvalue weighted by atomic mass is 10.0. The highest BCUT2D eigenvalue weighted by Crippen LogP contribution is 2.19. The Labute approximate surface area is 128 Å². The third-order valence-corrected chi connectivity index (χ3v) is 4.98. The van der Waals surface area contributed by atoms with Gasteiger partial charge in [0.15, 0.2) is 0 Å². The Bertz CT molecular complexity index is 439. The average Bonchev–Trinajstić information content (AvgIpc) is 2.52. The molecule has 2 aliphatic heterocycles. The molecule has 3 heterocycles. The molecule has 2 aliphatic rings. The van der Waals surface area contributed by atoms with Crippen molar-refractivity contribution in [1.82, 2.24) is 20.1 Å². The number of aryl methyl sites for hydroxylation is 1. The van der Waals surface area contributed by atoms with E-state index in [1.807, 2.05) is 13.1 Å². The Morgan fingerprint density at radius 3 is 2.71 bits per heavy atom. The van der Waals surface area contributed by atoms with Crippen LogP contribution in [-0.4, -0.2) is 59.6 Å². The minimum absolute atomic E-state index is 0.634. The minimum Gasteiger partial charge on any atom is -0.317 e. The Hall–Kier alpha value is -0.970. The molecule has 0 aromatic carbocycles. The Morgan fingerprint density at radius 2 is 2.05 bits per heavy atom. The van der Waals surface area contributed by atoms with Crippen molar-refractivity contribution >= 4 is 0 Å². The van der Waals surface area contributed by atoms with Crippen LogP contribution in [0.25, 0.3) is 0 Å². The van der Waals surface area contributed by atoms with E-state index < -0.39 is 0 Å². The molecule has 2 fully saturated rings. The number of aromatic nitrogens is 1. The molecule has 0 bridgehead atoms. The van der Waals surface area contributed by atoms with E-state index >= 15 is 0 Å². The number of pyridine rings is 1. The summed E-state index contributed by atoms with van der Waals surface area (Å²) in [6.07, 6.45) is 4.66. The Morgan fingerprint density at radius 1 is 1.24 bits per heavy atom. The summed E-state index contributed by atoms with van der Waals surface area (Å²) < 4.78 is 0. The minimum atomic E-state index is 0.634. The highest BCUT2D eigenvalue weighted by atomic mass is 15.3. The fourth-order valence-corrected chi connectivity index (χ4v) is 3.59. The highest BCUT2D eigenvalue weighted by molar-refractivity contribution is 5.13. The molecule has 2 saturated heterocycles. The van der Waals surface area contributed by atoms with Crippen LogP contribution in [0.5, 0.6) is 0 Å². The fourth-order valence-electron chi connectivity index (χ4n) is 3.59. The second kappa shape index (κ2) is 6.86. The summed E-state index contributed by atoms with van der Waals surface area (Å²) in [6, 6.07) is 5.77. The molecule has 1 atom stereocenters. The number of piperidine rings is 1. The van der Waals surface area contributed by atoms with Crippen LogP contribution < -0.4 is 5.32 Å². The molecule has 0 saturated carbocycles. The van der Waals surface area contributed by atoms with Crippen LogP contribution in [-0.2, 0) is 6.54 Å². The highest BCUT2D eigenvalue weighted by Gasteiger charge is 2.28. The maximum atomic E-state index is 4.41. The molecule has 116 valence electrons. The van der Waals surface area contributed by atoms with Crippen LogP contribution in [0, 0.1) is 6.92 Å². The van der Waals surface area contributed by atoms with Crippen molar-refractivity contribution in [3.05, 3.63) is 29.6 Å². The van der Waals surface area contributed by atoms with Gasteiger partial charge in [0.25, 0.3) is 0 Å². The summed E-state index contributed by atoms with van der Waals surface area (Å²) in [4.78, 5) is 9.73. The quantitative estimate of drug-likeness (QED) is 0.916. The van der Waals surface area contributed by atoms with E-state index in [1.54, 1.807) is 0 Å². The van der Waals surface area contributed by atoms with Crippen LogP contribution >= 0.6 is 0 Å². The number of rotatable bonds is 3. The smallest absolute Gasteiger partial charge is 0.0372 e. The summed E-state index contributed by atoms with van der Waals surface area (Å²) in [5.74, 6) is 0. The first-order valence-corrected chi connectivity index (χ1v) is 8.33. The van der Waals surface area contributed by atoms with Gasteiger partial charge in [-0.25, -0.2) is 0 Å². The van der Waals surface area contributed by atoms with E-state index in [2.05, 4.69) is 39.2 Å². The normalized spacial score (nSPS) is 26.1. The largest absolute Gasteiger partial charge is 0.317 e. The van der Waals surface area contributed by atoms with E-state index in [0.29, 0.717) is 6.04 Å². The van der Waals surface area contributed by atoms with Gasteiger partial charge < -0.3 is 5.32 Å². The first-order chi connectivity index (χ1) is 10.2. The zero-order valence-corrected chi connectivity index (χ0v) is 13.4. The summed E-state index contributed by atoms with van der Waals surface area (Å²) in [6.45, 7) is 11.4. The van der Waals surface area contributed by atoms with Gasteiger partial charge in [0, 0.05) is 50.2 Å². The van der Waals surface area contributed by atoms with Gasteiger partial charge in [-0.3, -0.25) is 14.8 Å². The predicted molar refractivity (Wildman–Crippen MR) is 86.3 cm³/mol. The fraction of sp³-hybridized carbons (Fsp3) is 0.706. The number of nitrogens with one attached hydrogen (secondary N) is 1. The molecule has 0 aliphatic carbocycles. The number of hydrogen-bond donors (Lipinski definition) is 1. The first kappa shape index (κ1) is 14.9. The van der Waals surface area contributed by atoms with Crippen molar-refractivity contribution in [3.63, 3.8) is 0 Å². The Balaban J connectivity index is 1.54. The van der Waals surface area contributed by atoms with E-state index in [9.17, 15) is 0 Å². The van der Waals surface area contributed by atoms with E-state index in [0.717, 1.165) is 18.3 Å². The van der Waals surface area contributed by atoms with Gasteiger partial charge in [0.1, 0.15) is 0 Å². The van der Waals surface area contributed by atoms with Crippen LogP contribution in [0.1, 0.15) is 31.0 Å². The third-order valence-electron chi connectivity index (χ3n) is 4.98. The third kappa shape index (κ3) is 3.82. The summed E-state index contributed by atoms with van der Waals surface area (Å²) in [7, 11) is 0. The second-order valence-corrected chi connectivity index (χ2v) is 6.60. The summed E-state index contributed by atoms with van der Waals surface area (Å²) in [5.41, 5.74) is 2.44. The Kier molecular flexibility index (Phi) is 4.88. The molecule has 21 heavy (non-hydrogen) atoms. The lowest BCUT2D eigenvalue weighted by molar-refractivity contribution is 0.0412. The van der Waals surface area contributed by atoms with Crippen molar-refractivity contribution in [2.45, 2.75) is 45.3 Å². The lowest BCUT2D eigenvalue weighted by Crippen LogP contribution is -2.56. The standard InChI is InChI=1S/C17H28N4/c1-14-3-4-16(11-19-14)13-20-9-10-21(12-15(20)2)17-5-7-18-8-6-17/h3-4,11,15,17-18H,5-10,12-13H2,1-2H3/t15-/m1/s1. The van der Waals surface area contributed by atoms with Crippen LogP contribution in [0.3, 0.4) is 0 Å². The van der Waals surface area contributed by atoms with Crippen LogP contribution in [0.15, 0.2) is 18.3 Å². The number of nitrogens with zero attached hydrogens (tertiary/aromatic N) is 3. The molecular weight excluding hydrogens is 260 g/mol. The molecule has 1 aromatic heterocycles. The van der Waals surface area contributed by atoms with Crippen molar-refractivity contribution in [2.75, 3.05) is 32.7 Å². The van der Waals surface area contributed by atoms with Gasteiger partial charge in [-0.05, 0) is 51.4 Å². The van der Waals surface area contributed by atoms with Gasteiger partial charge in [0.05, 0.1) is 0 Å². The van der Waals surface area contributed by atoms with Crippen LogP contribution in [0.4, 0.5) is 0 Å². The molecule has 0 spiro atoms. The molecular formula is C17H28N4. The second-order valence-electron chi connectivity index (χ2n) is 6.60. The average molecular weight is 288 g/mol. The molecule has 3 rings (SSSR count). The van der Waals surface area contributed by atoms with Gasteiger partial charge in [-0.2, -0.15) is 0 Å². The molecule has 0 radical (unpaired) electrons. The van der Waals surface area contributed by atoms with E-state index in [1.165, 1.54) is 51.1 Å². The molecule has 0 amide bonds.